The van der Waals surface area contributed by atoms with Crippen molar-refractivity contribution in [3.05, 3.63) is 46.7 Å². The maximum Gasteiger partial charge on any atom is 0.229 e. The van der Waals surface area contributed by atoms with Gasteiger partial charge in [-0.2, -0.15) is 11.3 Å². The van der Waals surface area contributed by atoms with Gasteiger partial charge in [-0.25, -0.2) is 8.42 Å². The van der Waals surface area contributed by atoms with E-state index in [1.165, 1.54) is 5.56 Å². The number of anilines is 1. The lowest BCUT2D eigenvalue weighted by Crippen LogP contribution is -2.31. The fraction of sp³-hybridized carbons (Fsp3) is 0.474. The molecule has 0 amide bonds. The molecule has 2 aromatic rings. The van der Waals surface area contributed by atoms with Gasteiger partial charge in [0, 0.05) is 11.7 Å². The van der Waals surface area contributed by atoms with Crippen molar-refractivity contribution in [3.8, 4) is 5.75 Å². The van der Waals surface area contributed by atoms with Crippen molar-refractivity contribution in [3.63, 3.8) is 0 Å². The molecule has 5 nitrogen and oxygen atoms in total. The Bertz CT molecular complexity index is 744. The third kappa shape index (κ3) is 7.76. The molecule has 144 valence electrons. The van der Waals surface area contributed by atoms with Crippen molar-refractivity contribution in [2.75, 3.05) is 17.5 Å². The number of nitrogens with one attached hydrogen (secondary N) is 2. The summed E-state index contributed by atoms with van der Waals surface area (Å²) >= 11 is 1.73. The van der Waals surface area contributed by atoms with Gasteiger partial charge in [0.15, 0.2) is 0 Å². The molecule has 1 aromatic heterocycles. The lowest BCUT2D eigenvalue weighted by molar-refractivity contribution is 0.184. The van der Waals surface area contributed by atoms with E-state index in [-0.39, 0.29) is 6.10 Å². The number of benzene rings is 1. The van der Waals surface area contributed by atoms with Crippen LogP contribution in [0.15, 0.2) is 41.1 Å². The summed E-state index contributed by atoms with van der Waals surface area (Å²) in [4.78, 5) is 0. The Labute approximate surface area is 160 Å². The summed E-state index contributed by atoms with van der Waals surface area (Å²) in [5.41, 5.74) is 1.91. The Morgan fingerprint density at radius 1 is 1.19 bits per heavy atom. The number of sulfonamides is 1. The summed E-state index contributed by atoms with van der Waals surface area (Å²) in [7, 11) is -3.26. The van der Waals surface area contributed by atoms with Gasteiger partial charge < -0.3 is 10.1 Å². The quantitative estimate of drug-likeness (QED) is 0.605. The lowest BCUT2D eigenvalue weighted by atomic mass is 10.1. The molecule has 7 heteroatoms. The van der Waals surface area contributed by atoms with Crippen LogP contribution in [-0.4, -0.2) is 33.4 Å². The normalized spacial score (nSPS) is 14.0. The van der Waals surface area contributed by atoms with Gasteiger partial charge >= 0.3 is 0 Å². The van der Waals surface area contributed by atoms with E-state index in [2.05, 4.69) is 40.7 Å². The topological polar surface area (TPSA) is 67.4 Å². The highest BCUT2D eigenvalue weighted by Gasteiger charge is 2.10. The minimum absolute atomic E-state index is 0.129. The summed E-state index contributed by atoms with van der Waals surface area (Å²) < 4.78 is 30.9. The zero-order valence-electron chi connectivity index (χ0n) is 15.6. The van der Waals surface area contributed by atoms with Gasteiger partial charge in [0.2, 0.25) is 10.0 Å². The zero-order valence-corrected chi connectivity index (χ0v) is 17.2. The van der Waals surface area contributed by atoms with Gasteiger partial charge in [-0.1, -0.05) is 6.92 Å². The number of rotatable bonds is 11. The number of thiophene rings is 1. The van der Waals surface area contributed by atoms with E-state index in [4.69, 9.17) is 4.74 Å². The third-order valence-corrected chi connectivity index (χ3v) is 5.34. The van der Waals surface area contributed by atoms with Crippen molar-refractivity contribution in [1.29, 1.82) is 0 Å². The van der Waals surface area contributed by atoms with Gasteiger partial charge in [-0.05, 0) is 79.4 Å². The van der Waals surface area contributed by atoms with Crippen molar-refractivity contribution in [2.24, 2.45) is 0 Å². The fourth-order valence-electron chi connectivity index (χ4n) is 2.68. The predicted octanol–water partition coefficient (Wildman–Crippen LogP) is 3.89. The zero-order chi connectivity index (χ0) is 19.0. The first-order chi connectivity index (χ1) is 12.4. The Morgan fingerprint density at radius 2 is 1.92 bits per heavy atom. The number of hydrogen-bond donors (Lipinski definition) is 2. The molecule has 0 aliphatic carbocycles. The van der Waals surface area contributed by atoms with E-state index in [1.54, 1.807) is 35.6 Å². The summed E-state index contributed by atoms with van der Waals surface area (Å²) in [5.74, 6) is 0.752. The highest BCUT2D eigenvalue weighted by molar-refractivity contribution is 7.92. The van der Waals surface area contributed by atoms with Crippen LogP contribution in [0.5, 0.6) is 5.75 Å². The smallest absolute Gasteiger partial charge is 0.229 e. The van der Waals surface area contributed by atoms with Crippen molar-refractivity contribution < 1.29 is 13.2 Å². The number of ether oxygens (including phenoxy) is 1. The second-order valence-electron chi connectivity index (χ2n) is 6.53. The summed E-state index contributed by atoms with van der Waals surface area (Å²) in [6.07, 6.45) is 4.15. The minimum atomic E-state index is -3.26. The Kier molecular flexibility index (Phi) is 7.93. The molecular formula is C19H28N2O3S2. The molecule has 0 saturated heterocycles. The molecule has 0 saturated carbocycles. The Balaban J connectivity index is 1.76. The van der Waals surface area contributed by atoms with Crippen LogP contribution < -0.4 is 14.8 Å². The Hall–Kier alpha value is -1.57. The van der Waals surface area contributed by atoms with Crippen molar-refractivity contribution in [2.45, 2.75) is 45.3 Å². The van der Waals surface area contributed by atoms with Gasteiger partial charge in [0.05, 0.1) is 12.4 Å². The summed E-state index contributed by atoms with van der Waals surface area (Å²) in [5, 5.41) is 7.86. The molecule has 1 heterocycles. The molecule has 2 rings (SSSR count). The SMILES string of the molecule is CCC(CCNC(C)Cc1ccsc1)Oc1ccc(NS(C)(=O)=O)cc1. The third-order valence-electron chi connectivity index (χ3n) is 4.00. The molecular weight excluding hydrogens is 368 g/mol. The standard InChI is InChI=1S/C19H28N2O3S2/c1-4-18(9-11-20-15(2)13-16-10-12-25-14-16)24-19-7-5-17(6-8-19)21-26(3,22)23/h5-8,10,12,14-15,18,20-21H,4,9,11,13H2,1-3H3. The first-order valence-electron chi connectivity index (χ1n) is 8.84. The van der Waals surface area contributed by atoms with Crippen LogP contribution in [0.3, 0.4) is 0 Å². The molecule has 26 heavy (non-hydrogen) atoms. The molecule has 0 aliphatic heterocycles. The molecule has 0 spiro atoms. The average Bonchev–Trinajstić information content (AvgIpc) is 3.07. The maximum absolute atomic E-state index is 11.2. The van der Waals surface area contributed by atoms with Crippen LogP contribution >= 0.6 is 11.3 Å². The molecule has 1 aromatic carbocycles. The number of hydrogen-bond acceptors (Lipinski definition) is 5. The van der Waals surface area contributed by atoms with E-state index in [1.807, 2.05) is 0 Å². The largest absolute Gasteiger partial charge is 0.490 e. The predicted molar refractivity (Wildman–Crippen MR) is 110 cm³/mol. The second kappa shape index (κ2) is 9.94. The van der Waals surface area contributed by atoms with Gasteiger partial charge in [-0.3, -0.25) is 4.72 Å². The molecule has 2 unspecified atom stereocenters. The van der Waals surface area contributed by atoms with Crippen LogP contribution in [0.4, 0.5) is 5.69 Å². The molecule has 0 aliphatic rings. The van der Waals surface area contributed by atoms with Crippen LogP contribution in [0.1, 0.15) is 32.3 Å². The fourth-order valence-corrected chi connectivity index (χ4v) is 3.93. The monoisotopic (exact) mass is 396 g/mol. The van der Waals surface area contributed by atoms with Crippen molar-refractivity contribution >= 4 is 27.0 Å². The Morgan fingerprint density at radius 3 is 2.50 bits per heavy atom. The van der Waals surface area contributed by atoms with Crippen LogP contribution in [0.2, 0.25) is 0 Å². The first kappa shape index (κ1) is 20.7. The van der Waals surface area contributed by atoms with E-state index < -0.39 is 10.0 Å². The van der Waals surface area contributed by atoms with Gasteiger partial charge in [-0.15, -0.1) is 0 Å². The van der Waals surface area contributed by atoms with Crippen LogP contribution in [0.25, 0.3) is 0 Å². The summed E-state index contributed by atoms with van der Waals surface area (Å²) in [6.45, 7) is 5.21. The maximum atomic E-state index is 11.2. The van der Waals surface area contributed by atoms with Crippen molar-refractivity contribution in [1.82, 2.24) is 5.32 Å². The van der Waals surface area contributed by atoms with Gasteiger partial charge in [0.25, 0.3) is 0 Å². The average molecular weight is 397 g/mol. The molecule has 2 N–H and O–H groups in total. The first-order valence-corrected chi connectivity index (χ1v) is 11.7. The van der Waals surface area contributed by atoms with E-state index in [9.17, 15) is 8.42 Å². The molecule has 0 fully saturated rings. The molecule has 0 bridgehead atoms. The molecule has 0 radical (unpaired) electrons. The molecule has 2 atom stereocenters. The van der Waals surface area contributed by atoms with E-state index in [0.29, 0.717) is 11.7 Å². The van der Waals surface area contributed by atoms with E-state index in [0.717, 1.165) is 37.8 Å². The van der Waals surface area contributed by atoms with Crippen LogP contribution in [-0.2, 0) is 16.4 Å². The highest BCUT2D eigenvalue weighted by Crippen LogP contribution is 2.19. The summed E-state index contributed by atoms with van der Waals surface area (Å²) in [6, 6.07) is 9.62. The highest BCUT2D eigenvalue weighted by atomic mass is 32.2. The van der Waals surface area contributed by atoms with E-state index >= 15 is 0 Å². The van der Waals surface area contributed by atoms with Crippen LogP contribution in [0, 0.1) is 0 Å². The minimum Gasteiger partial charge on any atom is -0.490 e. The lowest BCUT2D eigenvalue weighted by Gasteiger charge is -2.20. The van der Waals surface area contributed by atoms with Gasteiger partial charge in [0.1, 0.15) is 5.75 Å². The second-order valence-corrected chi connectivity index (χ2v) is 9.05.